The molecule has 1 radical (unpaired) electrons. The van der Waals surface area contributed by atoms with E-state index in [0.29, 0.717) is 0 Å². The van der Waals surface area contributed by atoms with E-state index in [0.717, 1.165) is 0 Å². The molecule has 0 N–H and O–H groups in total. The minimum Gasteiger partial charge on any atom is -0.457 e. The van der Waals surface area contributed by atoms with Crippen molar-refractivity contribution in [1.82, 2.24) is 0 Å². The first kappa shape index (κ1) is 8.01. The molecule has 0 amide bonds. The number of carbonyl (C=O) groups is 1. The number of carbonyl (C=O) groups excluding carboxylic acids is 1. The van der Waals surface area contributed by atoms with Gasteiger partial charge in [-0.15, -0.1) is 0 Å². The average Bonchev–Trinajstić information content (AvgIpc) is 2.34. The van der Waals surface area contributed by atoms with Gasteiger partial charge in [0, 0.05) is 0 Å². The predicted molar refractivity (Wildman–Crippen MR) is 39.1 cm³/mol. The highest BCUT2D eigenvalue weighted by molar-refractivity contribution is 5.78. The molecule has 4 nitrogen and oxygen atoms in total. The fourth-order valence-electron chi connectivity index (χ4n) is 1.53. The highest BCUT2D eigenvalue weighted by Gasteiger charge is 2.54. The Labute approximate surface area is 70.8 Å². The van der Waals surface area contributed by atoms with Crippen LogP contribution in [0.25, 0.3) is 0 Å². The average molecular weight is 171 g/mol. The van der Waals surface area contributed by atoms with Gasteiger partial charge in [-0.05, 0) is 20.8 Å². The second kappa shape index (κ2) is 2.20. The highest BCUT2D eigenvalue weighted by atomic mass is 16.8. The fourth-order valence-corrected chi connectivity index (χ4v) is 1.53. The van der Waals surface area contributed by atoms with Gasteiger partial charge in [-0.1, -0.05) is 0 Å². The van der Waals surface area contributed by atoms with Crippen LogP contribution in [0, 0.1) is 6.92 Å². The molecule has 2 heterocycles. The monoisotopic (exact) mass is 171 g/mol. The first-order chi connectivity index (χ1) is 5.49. The van der Waals surface area contributed by atoms with Crippen molar-refractivity contribution in [2.24, 2.45) is 0 Å². The van der Waals surface area contributed by atoms with Crippen LogP contribution in [0.3, 0.4) is 0 Å². The molecular weight excluding hydrogens is 160 g/mol. The van der Waals surface area contributed by atoms with Crippen LogP contribution in [0.15, 0.2) is 0 Å². The van der Waals surface area contributed by atoms with Crippen molar-refractivity contribution in [2.75, 3.05) is 0 Å². The Bertz CT molecular complexity index is 223. The third-order valence-electron chi connectivity index (χ3n) is 2.00. The molecule has 0 saturated carbocycles. The van der Waals surface area contributed by atoms with Crippen molar-refractivity contribution in [1.29, 1.82) is 0 Å². The number of hydrogen-bond donors (Lipinski definition) is 0. The van der Waals surface area contributed by atoms with E-state index in [9.17, 15) is 4.79 Å². The lowest BCUT2D eigenvalue weighted by Gasteiger charge is -2.19. The van der Waals surface area contributed by atoms with Gasteiger partial charge in [0.2, 0.25) is 0 Å². The lowest BCUT2D eigenvalue weighted by atomic mass is 10.2. The summed E-state index contributed by atoms with van der Waals surface area (Å²) >= 11 is 0. The predicted octanol–water partition coefficient (Wildman–Crippen LogP) is 0.266. The molecule has 12 heavy (non-hydrogen) atoms. The summed E-state index contributed by atoms with van der Waals surface area (Å²) in [6.07, 6.45) is -1.36. The lowest BCUT2D eigenvalue weighted by molar-refractivity contribution is -0.183. The second-order valence-corrected chi connectivity index (χ2v) is 3.50. The van der Waals surface area contributed by atoms with E-state index in [1.165, 1.54) is 0 Å². The standard InChI is InChI=1S/C8H11O4/c1-4-5-6(7(9)10-4)12-8(2,3)11-5/h4-6H,1H2,2-3H3. The largest absolute Gasteiger partial charge is 0.457 e. The maximum atomic E-state index is 11.1. The molecule has 0 bridgehead atoms. The SMILES string of the molecule is [CH2]C1OC(=O)C2OC(C)(C)OC12. The molecule has 0 spiro atoms. The molecular formula is C8H11O4. The normalized spacial score (nSPS) is 44.2. The van der Waals surface area contributed by atoms with Gasteiger partial charge in [0.1, 0.15) is 12.2 Å². The topological polar surface area (TPSA) is 44.8 Å². The molecule has 4 heteroatoms. The van der Waals surface area contributed by atoms with Crippen LogP contribution in [-0.4, -0.2) is 30.1 Å². The summed E-state index contributed by atoms with van der Waals surface area (Å²) < 4.78 is 15.6. The van der Waals surface area contributed by atoms with E-state index >= 15 is 0 Å². The van der Waals surface area contributed by atoms with Crippen LogP contribution in [0.1, 0.15) is 13.8 Å². The van der Waals surface area contributed by atoms with E-state index in [1.807, 2.05) is 0 Å². The van der Waals surface area contributed by atoms with Gasteiger partial charge in [-0.25, -0.2) is 4.79 Å². The Balaban J connectivity index is 2.20. The number of esters is 1. The summed E-state index contributed by atoms with van der Waals surface area (Å²) in [5.41, 5.74) is 0. The molecule has 2 aliphatic rings. The summed E-state index contributed by atoms with van der Waals surface area (Å²) in [7, 11) is 0. The molecule has 2 aliphatic heterocycles. The third-order valence-corrected chi connectivity index (χ3v) is 2.00. The molecule has 67 valence electrons. The van der Waals surface area contributed by atoms with Crippen molar-refractivity contribution in [3.8, 4) is 0 Å². The quantitative estimate of drug-likeness (QED) is 0.490. The van der Waals surface area contributed by atoms with Crippen LogP contribution in [-0.2, 0) is 19.0 Å². The zero-order valence-corrected chi connectivity index (χ0v) is 7.07. The van der Waals surface area contributed by atoms with E-state index in [-0.39, 0.29) is 12.1 Å². The van der Waals surface area contributed by atoms with Gasteiger partial charge >= 0.3 is 5.97 Å². The van der Waals surface area contributed by atoms with Crippen molar-refractivity contribution in [2.45, 2.75) is 37.9 Å². The molecule has 2 rings (SSSR count). The van der Waals surface area contributed by atoms with Crippen LogP contribution in [0.2, 0.25) is 0 Å². The fraction of sp³-hybridized carbons (Fsp3) is 0.750. The van der Waals surface area contributed by atoms with E-state index in [1.54, 1.807) is 13.8 Å². The first-order valence-electron chi connectivity index (χ1n) is 3.89. The second-order valence-electron chi connectivity index (χ2n) is 3.50. The van der Waals surface area contributed by atoms with Gasteiger partial charge in [-0.2, -0.15) is 0 Å². The van der Waals surface area contributed by atoms with E-state index in [4.69, 9.17) is 14.2 Å². The number of ether oxygens (including phenoxy) is 3. The van der Waals surface area contributed by atoms with Crippen LogP contribution < -0.4 is 0 Å². The molecule has 3 atom stereocenters. The summed E-state index contributed by atoms with van der Waals surface area (Å²) in [4.78, 5) is 11.1. The first-order valence-corrected chi connectivity index (χ1v) is 3.89. The van der Waals surface area contributed by atoms with Gasteiger partial charge in [0.25, 0.3) is 0 Å². The van der Waals surface area contributed by atoms with Crippen molar-refractivity contribution < 1.29 is 19.0 Å². The highest BCUT2D eigenvalue weighted by Crippen LogP contribution is 2.35. The zero-order valence-electron chi connectivity index (χ0n) is 7.07. The molecule has 0 aliphatic carbocycles. The van der Waals surface area contributed by atoms with Gasteiger partial charge in [-0.3, -0.25) is 0 Å². The number of cyclic esters (lactones) is 1. The Morgan fingerprint density at radius 1 is 1.42 bits per heavy atom. The Kier molecular flexibility index (Phi) is 1.47. The van der Waals surface area contributed by atoms with Crippen molar-refractivity contribution >= 4 is 5.97 Å². The van der Waals surface area contributed by atoms with Crippen molar-refractivity contribution in [3.05, 3.63) is 6.92 Å². The van der Waals surface area contributed by atoms with Crippen molar-refractivity contribution in [3.63, 3.8) is 0 Å². The van der Waals surface area contributed by atoms with Crippen LogP contribution in [0.5, 0.6) is 0 Å². The summed E-state index contributed by atoms with van der Waals surface area (Å²) in [5.74, 6) is -1.06. The third kappa shape index (κ3) is 1.03. The van der Waals surface area contributed by atoms with Crippen LogP contribution >= 0.6 is 0 Å². The Hall–Kier alpha value is -0.610. The number of fused-ring (bicyclic) bond motifs is 1. The molecule has 3 unspecified atom stereocenters. The summed E-state index contributed by atoms with van der Waals surface area (Å²) in [6, 6.07) is 0. The molecule has 0 aromatic heterocycles. The number of rotatable bonds is 0. The molecule has 2 fully saturated rings. The number of hydrogen-bond acceptors (Lipinski definition) is 4. The zero-order chi connectivity index (χ0) is 8.93. The minimum absolute atomic E-state index is 0.340. The maximum absolute atomic E-state index is 11.1. The Morgan fingerprint density at radius 3 is 2.67 bits per heavy atom. The Morgan fingerprint density at radius 2 is 2.08 bits per heavy atom. The summed E-state index contributed by atoms with van der Waals surface area (Å²) in [5, 5.41) is 0. The van der Waals surface area contributed by atoms with E-state index in [2.05, 4.69) is 6.92 Å². The van der Waals surface area contributed by atoms with Gasteiger partial charge in [0.05, 0.1) is 0 Å². The maximum Gasteiger partial charge on any atom is 0.338 e. The molecule has 2 saturated heterocycles. The van der Waals surface area contributed by atoms with Gasteiger partial charge < -0.3 is 14.2 Å². The molecule has 0 aromatic carbocycles. The lowest BCUT2D eigenvalue weighted by Crippen LogP contribution is -2.27. The smallest absolute Gasteiger partial charge is 0.338 e. The van der Waals surface area contributed by atoms with Gasteiger partial charge in [0.15, 0.2) is 11.9 Å². The molecule has 0 aromatic rings. The van der Waals surface area contributed by atoms with E-state index < -0.39 is 18.0 Å². The minimum atomic E-state index is -0.690. The summed E-state index contributed by atoms with van der Waals surface area (Å²) in [6.45, 7) is 7.19. The van der Waals surface area contributed by atoms with Crippen LogP contribution in [0.4, 0.5) is 0 Å².